The molecule has 0 spiro atoms. The van der Waals surface area contributed by atoms with E-state index < -0.39 is 0 Å². The van der Waals surface area contributed by atoms with Crippen LogP contribution < -0.4 is 4.90 Å². The lowest BCUT2D eigenvalue weighted by Gasteiger charge is -2.17. The van der Waals surface area contributed by atoms with Crippen molar-refractivity contribution in [3.63, 3.8) is 0 Å². The number of nitrogens with zero attached hydrogens (tertiary/aromatic N) is 4. The Balaban J connectivity index is 2.13. The number of anilines is 1. The van der Waals surface area contributed by atoms with Crippen LogP contribution in [-0.2, 0) is 11.3 Å². The summed E-state index contributed by atoms with van der Waals surface area (Å²) in [6.45, 7) is 2.57. The molecule has 0 aliphatic rings. The molecule has 2 rings (SSSR count). The van der Waals surface area contributed by atoms with Gasteiger partial charge in [0.1, 0.15) is 23.0 Å². The highest BCUT2D eigenvalue weighted by Crippen LogP contribution is 2.23. The molecule has 0 amide bonds. The average Bonchev–Trinajstić information content (AvgIpc) is 2.95. The zero-order valence-electron chi connectivity index (χ0n) is 12.0. The summed E-state index contributed by atoms with van der Waals surface area (Å²) in [4.78, 5) is 10.7. The Morgan fingerprint density at radius 2 is 2.24 bits per heavy atom. The van der Waals surface area contributed by atoms with Gasteiger partial charge >= 0.3 is 0 Å². The van der Waals surface area contributed by atoms with Crippen molar-refractivity contribution in [2.75, 3.05) is 19.1 Å². The number of thiazole rings is 1. The van der Waals surface area contributed by atoms with Gasteiger partial charge in [0.25, 0.3) is 0 Å². The van der Waals surface area contributed by atoms with Crippen molar-refractivity contribution in [2.24, 2.45) is 0 Å². The summed E-state index contributed by atoms with van der Waals surface area (Å²) in [5.74, 6) is 0.685. The molecule has 0 fully saturated rings. The Kier molecular flexibility index (Phi) is 5.12. The fourth-order valence-electron chi connectivity index (χ4n) is 1.73. The highest BCUT2D eigenvalue weighted by Gasteiger charge is 2.12. The van der Waals surface area contributed by atoms with E-state index in [1.807, 2.05) is 30.3 Å². The molecule has 0 N–H and O–H groups in total. The topological polar surface area (TPSA) is 62.0 Å². The van der Waals surface area contributed by atoms with Crippen LogP contribution in [0.25, 0.3) is 0 Å². The van der Waals surface area contributed by atoms with Crippen LogP contribution in [0.4, 0.5) is 5.82 Å². The van der Waals surface area contributed by atoms with E-state index in [9.17, 15) is 0 Å². The van der Waals surface area contributed by atoms with Crippen molar-refractivity contribution >= 4 is 28.8 Å². The van der Waals surface area contributed by atoms with E-state index in [0.29, 0.717) is 17.4 Å². The summed E-state index contributed by atoms with van der Waals surface area (Å²) in [5.41, 5.74) is 1.17. The standard InChI is InChI=1S/C14H15ClN4OS/c1-9(20-3)14-17-10(8-21-14)7-19(2)13-5-4-11(15)12(6-16)18-13/h4-5,8-9H,7H2,1-3H3. The lowest BCUT2D eigenvalue weighted by molar-refractivity contribution is 0.119. The first-order chi connectivity index (χ1) is 10.0. The van der Waals surface area contributed by atoms with Gasteiger partial charge in [0.2, 0.25) is 0 Å². The van der Waals surface area contributed by atoms with Gasteiger partial charge in [-0.15, -0.1) is 11.3 Å². The zero-order chi connectivity index (χ0) is 15.4. The number of hydrogen-bond donors (Lipinski definition) is 0. The molecule has 2 aromatic rings. The van der Waals surface area contributed by atoms with Crippen molar-refractivity contribution in [2.45, 2.75) is 19.6 Å². The second-order valence-corrected chi connectivity index (χ2v) is 5.82. The quantitative estimate of drug-likeness (QED) is 0.844. The minimum atomic E-state index is -0.00657. The Morgan fingerprint density at radius 3 is 2.90 bits per heavy atom. The van der Waals surface area contributed by atoms with Crippen LogP contribution in [0.1, 0.15) is 29.4 Å². The van der Waals surface area contributed by atoms with Gasteiger partial charge in [-0.3, -0.25) is 0 Å². The Hall–Kier alpha value is -1.68. The van der Waals surface area contributed by atoms with Crippen molar-refractivity contribution in [3.05, 3.63) is 38.9 Å². The van der Waals surface area contributed by atoms with Crippen LogP contribution in [0.5, 0.6) is 0 Å². The minimum absolute atomic E-state index is 0.00657. The predicted octanol–water partition coefficient (Wildman–Crippen LogP) is 3.41. The van der Waals surface area contributed by atoms with Gasteiger partial charge in [-0.25, -0.2) is 9.97 Å². The molecule has 0 radical (unpaired) electrons. The molecule has 5 nitrogen and oxygen atoms in total. The molecule has 110 valence electrons. The molecule has 2 aromatic heterocycles. The van der Waals surface area contributed by atoms with Gasteiger partial charge < -0.3 is 9.64 Å². The highest BCUT2D eigenvalue weighted by atomic mass is 35.5. The molecule has 21 heavy (non-hydrogen) atoms. The van der Waals surface area contributed by atoms with Crippen molar-refractivity contribution < 1.29 is 4.74 Å². The maximum absolute atomic E-state index is 8.97. The third-order valence-corrected chi connectivity index (χ3v) is 4.36. The third-order valence-electron chi connectivity index (χ3n) is 3.00. The Bertz CT molecular complexity index is 667. The third kappa shape index (κ3) is 3.70. The van der Waals surface area contributed by atoms with E-state index in [1.54, 1.807) is 30.6 Å². The van der Waals surface area contributed by atoms with Gasteiger partial charge in [0, 0.05) is 19.5 Å². The lowest BCUT2D eigenvalue weighted by atomic mass is 10.3. The number of halogens is 1. The summed E-state index contributed by atoms with van der Waals surface area (Å²) in [7, 11) is 3.56. The predicted molar refractivity (Wildman–Crippen MR) is 83.6 cm³/mol. The van der Waals surface area contributed by atoms with Crippen LogP contribution in [0.15, 0.2) is 17.5 Å². The number of methoxy groups -OCH3 is 1. The first kappa shape index (κ1) is 15.7. The van der Waals surface area contributed by atoms with E-state index >= 15 is 0 Å². The summed E-state index contributed by atoms with van der Waals surface area (Å²) < 4.78 is 5.25. The first-order valence-corrected chi connectivity index (χ1v) is 7.55. The number of hydrogen-bond acceptors (Lipinski definition) is 6. The molecule has 0 aromatic carbocycles. The molecule has 0 aliphatic carbocycles. The molecule has 0 bridgehead atoms. The number of nitriles is 1. The zero-order valence-corrected chi connectivity index (χ0v) is 13.6. The van der Waals surface area contributed by atoms with Crippen LogP contribution in [0.3, 0.4) is 0 Å². The summed E-state index contributed by atoms with van der Waals surface area (Å²) >= 11 is 7.46. The molecule has 2 heterocycles. The molecule has 1 atom stereocenters. The highest BCUT2D eigenvalue weighted by molar-refractivity contribution is 7.09. The van der Waals surface area contributed by atoms with E-state index in [1.165, 1.54) is 0 Å². The van der Waals surface area contributed by atoms with E-state index in [0.717, 1.165) is 10.7 Å². The molecule has 7 heteroatoms. The van der Waals surface area contributed by atoms with Crippen LogP contribution >= 0.6 is 22.9 Å². The fraction of sp³-hybridized carbons (Fsp3) is 0.357. The van der Waals surface area contributed by atoms with E-state index in [-0.39, 0.29) is 11.8 Å². The molecular weight excluding hydrogens is 308 g/mol. The van der Waals surface area contributed by atoms with Gasteiger partial charge in [-0.1, -0.05) is 11.6 Å². The number of rotatable bonds is 5. The SMILES string of the molecule is COC(C)c1nc(CN(C)c2ccc(Cl)c(C#N)n2)cs1. The van der Waals surface area contributed by atoms with E-state index in [4.69, 9.17) is 21.6 Å². The summed E-state index contributed by atoms with van der Waals surface area (Å²) in [6.07, 6.45) is -0.00657. The second-order valence-electron chi connectivity index (χ2n) is 4.52. The van der Waals surface area contributed by atoms with Gasteiger partial charge in [-0.05, 0) is 19.1 Å². The normalized spacial score (nSPS) is 12.0. The number of ether oxygens (including phenoxy) is 1. The lowest BCUT2D eigenvalue weighted by Crippen LogP contribution is -2.18. The van der Waals surface area contributed by atoms with Crippen LogP contribution in [-0.4, -0.2) is 24.1 Å². The molecule has 0 saturated carbocycles. The molecule has 0 aliphatic heterocycles. The summed E-state index contributed by atoms with van der Waals surface area (Å²) in [5, 5.41) is 12.3. The van der Waals surface area contributed by atoms with Gasteiger partial charge in [0.05, 0.1) is 17.3 Å². The van der Waals surface area contributed by atoms with Gasteiger partial charge in [-0.2, -0.15) is 5.26 Å². The van der Waals surface area contributed by atoms with Crippen LogP contribution in [0.2, 0.25) is 5.02 Å². The fourth-order valence-corrected chi connectivity index (χ4v) is 2.72. The van der Waals surface area contributed by atoms with E-state index in [2.05, 4.69) is 9.97 Å². The van der Waals surface area contributed by atoms with Crippen molar-refractivity contribution in [1.82, 2.24) is 9.97 Å². The number of aromatic nitrogens is 2. The first-order valence-electron chi connectivity index (χ1n) is 6.30. The minimum Gasteiger partial charge on any atom is -0.375 e. The van der Waals surface area contributed by atoms with Crippen molar-refractivity contribution in [3.8, 4) is 6.07 Å². The average molecular weight is 323 g/mol. The Morgan fingerprint density at radius 1 is 1.48 bits per heavy atom. The maximum Gasteiger partial charge on any atom is 0.161 e. The largest absolute Gasteiger partial charge is 0.375 e. The maximum atomic E-state index is 8.97. The second kappa shape index (κ2) is 6.85. The van der Waals surface area contributed by atoms with Gasteiger partial charge in [0.15, 0.2) is 5.69 Å². The number of pyridine rings is 1. The smallest absolute Gasteiger partial charge is 0.161 e. The van der Waals surface area contributed by atoms with Crippen LogP contribution in [0, 0.1) is 11.3 Å². The monoisotopic (exact) mass is 322 g/mol. The Labute approximate surface area is 132 Å². The summed E-state index contributed by atoms with van der Waals surface area (Å²) in [6, 6.07) is 5.45. The van der Waals surface area contributed by atoms with Crippen molar-refractivity contribution in [1.29, 1.82) is 5.26 Å². The molecule has 0 saturated heterocycles. The molecule has 1 unspecified atom stereocenters. The molecular formula is C14H15ClN4OS.